The van der Waals surface area contributed by atoms with E-state index in [0.29, 0.717) is 17.6 Å². The van der Waals surface area contributed by atoms with Gasteiger partial charge in [-0.15, -0.1) is 0 Å². The van der Waals surface area contributed by atoms with Crippen LogP contribution in [-0.4, -0.2) is 24.1 Å². The molecular weight excluding hydrogens is 208 g/mol. The molecule has 0 radical (unpaired) electrons. The quantitative estimate of drug-likeness (QED) is 0.532. The van der Waals surface area contributed by atoms with Crippen molar-refractivity contribution in [2.24, 2.45) is 0 Å². The van der Waals surface area contributed by atoms with E-state index < -0.39 is 5.97 Å². The highest BCUT2D eigenvalue weighted by Gasteiger charge is 2.22. The van der Waals surface area contributed by atoms with E-state index in [1.54, 1.807) is 0 Å². The van der Waals surface area contributed by atoms with Crippen molar-refractivity contribution < 1.29 is 19.1 Å². The largest absolute Gasteiger partial charge is 0.461 e. The number of rotatable bonds is 4. The summed E-state index contributed by atoms with van der Waals surface area (Å²) in [4.78, 5) is 33.8. The molecule has 0 aromatic rings. The Morgan fingerprint density at radius 2 is 1.75 bits per heavy atom. The first-order chi connectivity index (χ1) is 7.56. The number of ketones is 2. The van der Waals surface area contributed by atoms with Crippen LogP contribution in [0.2, 0.25) is 0 Å². The van der Waals surface area contributed by atoms with Crippen molar-refractivity contribution >= 4 is 17.5 Å². The third kappa shape index (κ3) is 2.89. The molecule has 0 spiro atoms. The number of ether oxygens (including phenoxy) is 1. The Labute approximate surface area is 94.0 Å². The molecule has 86 valence electrons. The standard InChI is InChI=1S/C12H14O4/c1-3-4-9-10(7-16-8(2)13)12(15)6-5-11(9)14/h5-6H,3-4,7H2,1-2H3. The minimum atomic E-state index is -0.460. The Hall–Kier alpha value is -1.71. The fourth-order valence-corrected chi connectivity index (χ4v) is 1.51. The average Bonchev–Trinajstić information content (AvgIpc) is 2.22. The lowest BCUT2D eigenvalue weighted by atomic mass is 9.92. The van der Waals surface area contributed by atoms with Gasteiger partial charge in [0.1, 0.15) is 6.61 Å². The molecule has 0 atom stereocenters. The minimum Gasteiger partial charge on any atom is -0.461 e. The number of hydrogen-bond donors (Lipinski definition) is 0. The monoisotopic (exact) mass is 222 g/mol. The van der Waals surface area contributed by atoms with Gasteiger partial charge in [0.2, 0.25) is 0 Å². The maximum Gasteiger partial charge on any atom is 0.302 e. The number of esters is 1. The molecule has 0 N–H and O–H groups in total. The van der Waals surface area contributed by atoms with Crippen molar-refractivity contribution in [3.05, 3.63) is 23.3 Å². The van der Waals surface area contributed by atoms with Crippen molar-refractivity contribution in [3.63, 3.8) is 0 Å². The smallest absolute Gasteiger partial charge is 0.302 e. The summed E-state index contributed by atoms with van der Waals surface area (Å²) in [5.74, 6) is -0.869. The summed E-state index contributed by atoms with van der Waals surface area (Å²) < 4.78 is 4.77. The molecule has 0 aliphatic heterocycles. The maximum atomic E-state index is 11.5. The summed E-state index contributed by atoms with van der Waals surface area (Å²) in [7, 11) is 0. The van der Waals surface area contributed by atoms with Gasteiger partial charge in [0.15, 0.2) is 11.6 Å². The Balaban J connectivity index is 2.93. The lowest BCUT2D eigenvalue weighted by Crippen LogP contribution is -2.19. The molecule has 1 aliphatic rings. The second-order valence-electron chi connectivity index (χ2n) is 3.55. The van der Waals surface area contributed by atoms with E-state index in [1.165, 1.54) is 19.1 Å². The van der Waals surface area contributed by atoms with Gasteiger partial charge < -0.3 is 4.74 Å². The molecule has 4 nitrogen and oxygen atoms in total. The van der Waals surface area contributed by atoms with Crippen molar-refractivity contribution in [1.29, 1.82) is 0 Å². The minimum absolute atomic E-state index is 0.112. The summed E-state index contributed by atoms with van der Waals surface area (Å²) in [6.07, 6.45) is 3.79. The maximum absolute atomic E-state index is 11.5. The van der Waals surface area contributed by atoms with E-state index in [0.717, 1.165) is 6.42 Å². The lowest BCUT2D eigenvalue weighted by molar-refractivity contribution is -0.140. The van der Waals surface area contributed by atoms with Gasteiger partial charge >= 0.3 is 5.97 Å². The van der Waals surface area contributed by atoms with Gasteiger partial charge in [-0.3, -0.25) is 14.4 Å². The van der Waals surface area contributed by atoms with Crippen molar-refractivity contribution in [3.8, 4) is 0 Å². The van der Waals surface area contributed by atoms with Crippen LogP contribution in [0.25, 0.3) is 0 Å². The van der Waals surface area contributed by atoms with Gasteiger partial charge in [-0.05, 0) is 18.6 Å². The Kier molecular flexibility index (Phi) is 4.17. The second kappa shape index (κ2) is 5.39. The molecule has 0 saturated carbocycles. The van der Waals surface area contributed by atoms with Crippen LogP contribution in [0.5, 0.6) is 0 Å². The highest BCUT2D eigenvalue weighted by molar-refractivity contribution is 6.20. The van der Waals surface area contributed by atoms with Crippen LogP contribution in [-0.2, 0) is 19.1 Å². The summed E-state index contributed by atoms with van der Waals surface area (Å²) in [6, 6.07) is 0. The van der Waals surface area contributed by atoms with Crippen LogP contribution < -0.4 is 0 Å². The molecule has 4 heteroatoms. The fourth-order valence-electron chi connectivity index (χ4n) is 1.51. The third-order valence-electron chi connectivity index (χ3n) is 2.26. The number of hydrogen-bond acceptors (Lipinski definition) is 4. The second-order valence-corrected chi connectivity index (χ2v) is 3.55. The zero-order valence-electron chi connectivity index (χ0n) is 9.41. The molecule has 0 aromatic heterocycles. The van der Waals surface area contributed by atoms with Gasteiger partial charge in [0.25, 0.3) is 0 Å². The summed E-state index contributed by atoms with van der Waals surface area (Å²) in [5, 5.41) is 0. The highest BCUT2D eigenvalue weighted by atomic mass is 16.5. The molecule has 0 aromatic carbocycles. The first-order valence-electron chi connectivity index (χ1n) is 5.18. The Morgan fingerprint density at radius 3 is 2.25 bits per heavy atom. The number of carbonyl (C=O) groups is 3. The SMILES string of the molecule is CCCC1=C(COC(C)=O)C(=O)C=CC1=O. The topological polar surface area (TPSA) is 60.4 Å². The number of allylic oxidation sites excluding steroid dienone is 3. The Bertz CT molecular complexity index is 388. The summed E-state index contributed by atoms with van der Waals surface area (Å²) >= 11 is 0. The van der Waals surface area contributed by atoms with E-state index in [1.807, 2.05) is 6.92 Å². The molecule has 0 amide bonds. The molecule has 0 heterocycles. The van der Waals surface area contributed by atoms with Gasteiger partial charge in [0, 0.05) is 18.1 Å². The van der Waals surface area contributed by atoms with Gasteiger partial charge in [-0.1, -0.05) is 13.3 Å². The normalized spacial score (nSPS) is 15.6. The zero-order chi connectivity index (χ0) is 12.1. The molecule has 1 aliphatic carbocycles. The van der Waals surface area contributed by atoms with E-state index in [4.69, 9.17) is 4.74 Å². The van der Waals surface area contributed by atoms with Crippen LogP contribution in [0.4, 0.5) is 0 Å². The van der Waals surface area contributed by atoms with E-state index in [-0.39, 0.29) is 18.2 Å². The molecule has 0 bridgehead atoms. The molecule has 0 unspecified atom stereocenters. The van der Waals surface area contributed by atoms with E-state index >= 15 is 0 Å². The molecular formula is C12H14O4. The molecule has 0 fully saturated rings. The van der Waals surface area contributed by atoms with Crippen molar-refractivity contribution in [2.75, 3.05) is 6.61 Å². The summed E-state index contributed by atoms with van der Waals surface area (Å²) in [6.45, 7) is 3.08. The van der Waals surface area contributed by atoms with Crippen LogP contribution in [0.15, 0.2) is 23.3 Å². The van der Waals surface area contributed by atoms with Crippen LogP contribution in [0.3, 0.4) is 0 Å². The highest BCUT2D eigenvalue weighted by Crippen LogP contribution is 2.19. The van der Waals surface area contributed by atoms with Crippen LogP contribution >= 0.6 is 0 Å². The van der Waals surface area contributed by atoms with Crippen molar-refractivity contribution in [2.45, 2.75) is 26.7 Å². The van der Waals surface area contributed by atoms with Crippen molar-refractivity contribution in [1.82, 2.24) is 0 Å². The average molecular weight is 222 g/mol. The fraction of sp³-hybridized carbons (Fsp3) is 0.417. The van der Waals surface area contributed by atoms with Gasteiger partial charge in [-0.2, -0.15) is 0 Å². The molecule has 0 saturated heterocycles. The van der Waals surface area contributed by atoms with Gasteiger partial charge in [0.05, 0.1) is 0 Å². The Morgan fingerprint density at radius 1 is 1.19 bits per heavy atom. The molecule has 16 heavy (non-hydrogen) atoms. The first kappa shape index (κ1) is 12.4. The third-order valence-corrected chi connectivity index (χ3v) is 2.26. The van der Waals surface area contributed by atoms with E-state index in [9.17, 15) is 14.4 Å². The van der Waals surface area contributed by atoms with E-state index in [2.05, 4.69) is 0 Å². The zero-order valence-corrected chi connectivity index (χ0v) is 9.41. The predicted octanol–water partition coefficient (Wildman–Crippen LogP) is 1.35. The first-order valence-corrected chi connectivity index (χ1v) is 5.18. The van der Waals surface area contributed by atoms with Crippen LogP contribution in [0.1, 0.15) is 26.7 Å². The lowest BCUT2D eigenvalue weighted by Gasteiger charge is -2.13. The van der Waals surface area contributed by atoms with Gasteiger partial charge in [-0.25, -0.2) is 0 Å². The van der Waals surface area contributed by atoms with Crippen LogP contribution in [0, 0.1) is 0 Å². The summed E-state index contributed by atoms with van der Waals surface area (Å²) in [5.41, 5.74) is 0.779. The molecule has 1 rings (SSSR count). The predicted molar refractivity (Wildman–Crippen MR) is 57.7 cm³/mol. The number of carbonyl (C=O) groups excluding carboxylic acids is 3.